The van der Waals surface area contributed by atoms with E-state index in [2.05, 4.69) is 5.10 Å². The van der Waals surface area contributed by atoms with Crippen LogP contribution in [0, 0.1) is 0 Å². The van der Waals surface area contributed by atoms with Crippen molar-refractivity contribution in [1.29, 1.82) is 0 Å². The summed E-state index contributed by atoms with van der Waals surface area (Å²) in [5.74, 6) is 0.444. The van der Waals surface area contributed by atoms with Gasteiger partial charge in [0.05, 0.1) is 12.8 Å². The van der Waals surface area contributed by atoms with Crippen LogP contribution in [0.15, 0.2) is 47.4 Å². The quantitative estimate of drug-likeness (QED) is 0.772. The van der Waals surface area contributed by atoms with Crippen molar-refractivity contribution in [3.8, 4) is 5.75 Å². The lowest BCUT2D eigenvalue weighted by Crippen LogP contribution is -2.23. The maximum atomic E-state index is 11.9. The molecule has 1 N–H and O–H groups in total. The van der Waals surface area contributed by atoms with Gasteiger partial charge in [0.25, 0.3) is 5.56 Å². The van der Waals surface area contributed by atoms with Gasteiger partial charge in [0, 0.05) is 25.6 Å². The molecule has 0 bridgehead atoms. The first-order chi connectivity index (χ1) is 9.79. The van der Waals surface area contributed by atoms with Crippen molar-refractivity contribution in [3.05, 3.63) is 58.5 Å². The summed E-state index contributed by atoms with van der Waals surface area (Å²) < 4.78 is 6.73. The van der Waals surface area contributed by atoms with Gasteiger partial charge in [0.2, 0.25) is 0 Å². The highest BCUT2D eigenvalue weighted by Crippen LogP contribution is 2.05. The zero-order valence-corrected chi connectivity index (χ0v) is 11.2. The number of benzene rings is 1. The molecule has 5 heteroatoms. The zero-order chi connectivity index (χ0) is 14.2. The van der Waals surface area contributed by atoms with Gasteiger partial charge in [0.15, 0.2) is 0 Å². The number of aryl methyl sites for hydroxylation is 2. The van der Waals surface area contributed by atoms with E-state index in [1.54, 1.807) is 0 Å². The Balaban J connectivity index is 1.94. The number of hydrogen-bond acceptors (Lipinski definition) is 4. The largest absolute Gasteiger partial charge is 0.492 e. The second-order valence-corrected chi connectivity index (χ2v) is 4.41. The van der Waals surface area contributed by atoms with E-state index in [1.165, 1.54) is 22.5 Å². The third-order valence-electron chi connectivity index (χ3n) is 2.87. The van der Waals surface area contributed by atoms with Gasteiger partial charge in [-0.05, 0) is 12.0 Å². The minimum Gasteiger partial charge on any atom is -0.492 e. The highest BCUT2D eigenvalue weighted by Gasteiger charge is 2.01. The van der Waals surface area contributed by atoms with Crippen LogP contribution in [0.1, 0.15) is 12.0 Å². The molecular formula is C15H18N2O3. The average molecular weight is 274 g/mol. The Bertz CT molecular complexity index is 581. The van der Waals surface area contributed by atoms with Gasteiger partial charge in [-0.15, -0.1) is 0 Å². The Morgan fingerprint density at radius 1 is 1.25 bits per heavy atom. The number of nitrogens with zero attached hydrogens (tertiary/aromatic N) is 2. The Morgan fingerprint density at radius 3 is 2.75 bits per heavy atom. The summed E-state index contributed by atoms with van der Waals surface area (Å²) in [5.41, 5.74) is 0.993. The van der Waals surface area contributed by atoms with Crippen molar-refractivity contribution in [2.24, 2.45) is 0 Å². The second-order valence-electron chi connectivity index (χ2n) is 4.41. The van der Waals surface area contributed by atoms with E-state index in [0.717, 1.165) is 6.42 Å². The molecule has 1 aromatic carbocycles. The summed E-state index contributed by atoms with van der Waals surface area (Å²) in [6, 6.07) is 11.4. The Kier molecular flexibility index (Phi) is 5.32. The van der Waals surface area contributed by atoms with Crippen LogP contribution in [-0.2, 0) is 13.0 Å². The molecule has 0 amide bonds. The first-order valence-electron chi connectivity index (χ1n) is 6.64. The lowest BCUT2D eigenvalue weighted by molar-refractivity contribution is 0.232. The molecule has 2 aromatic rings. The minimum absolute atomic E-state index is 0.0710. The molecule has 0 atom stereocenters. The maximum Gasteiger partial charge on any atom is 0.270 e. The van der Waals surface area contributed by atoms with Gasteiger partial charge >= 0.3 is 0 Å². The van der Waals surface area contributed by atoms with Crippen molar-refractivity contribution in [2.45, 2.75) is 19.4 Å². The van der Waals surface area contributed by atoms with E-state index in [-0.39, 0.29) is 12.2 Å². The van der Waals surface area contributed by atoms with Crippen LogP contribution in [0.5, 0.6) is 5.75 Å². The first-order valence-corrected chi connectivity index (χ1v) is 6.64. The van der Waals surface area contributed by atoms with Crippen LogP contribution in [0.25, 0.3) is 0 Å². The number of aliphatic hydroxyl groups excluding tert-OH is 1. The molecule has 0 fully saturated rings. The minimum atomic E-state index is -0.178. The van der Waals surface area contributed by atoms with E-state index in [9.17, 15) is 4.79 Å². The van der Waals surface area contributed by atoms with Crippen molar-refractivity contribution >= 4 is 0 Å². The van der Waals surface area contributed by atoms with Gasteiger partial charge in [-0.3, -0.25) is 4.79 Å². The van der Waals surface area contributed by atoms with Gasteiger partial charge < -0.3 is 9.84 Å². The van der Waals surface area contributed by atoms with Crippen molar-refractivity contribution in [2.75, 3.05) is 13.2 Å². The van der Waals surface area contributed by atoms with Crippen LogP contribution in [0.3, 0.4) is 0 Å². The van der Waals surface area contributed by atoms with Crippen molar-refractivity contribution in [3.63, 3.8) is 0 Å². The lowest BCUT2D eigenvalue weighted by Gasteiger charge is -2.07. The number of ether oxygens (including phenoxy) is 1. The predicted molar refractivity (Wildman–Crippen MR) is 75.8 cm³/mol. The number of aromatic nitrogens is 2. The second kappa shape index (κ2) is 7.45. The third kappa shape index (κ3) is 4.20. The molecule has 0 aliphatic carbocycles. The average Bonchev–Trinajstić information content (AvgIpc) is 2.48. The number of hydrogen-bond donors (Lipinski definition) is 1. The van der Waals surface area contributed by atoms with Crippen molar-refractivity contribution < 1.29 is 9.84 Å². The van der Waals surface area contributed by atoms with Crippen LogP contribution >= 0.6 is 0 Å². The molecule has 20 heavy (non-hydrogen) atoms. The smallest absolute Gasteiger partial charge is 0.270 e. The highest BCUT2D eigenvalue weighted by molar-refractivity contribution is 5.15. The van der Waals surface area contributed by atoms with E-state index >= 15 is 0 Å². The molecule has 2 rings (SSSR count). The number of rotatable bonds is 7. The SMILES string of the molecule is O=c1cc(OCCCO)cnn1CCc1ccccc1. The van der Waals surface area contributed by atoms with E-state index < -0.39 is 0 Å². The summed E-state index contributed by atoms with van der Waals surface area (Å²) in [6.45, 7) is 0.993. The summed E-state index contributed by atoms with van der Waals surface area (Å²) in [6.07, 6.45) is 2.83. The molecule has 0 radical (unpaired) electrons. The van der Waals surface area contributed by atoms with Crippen LogP contribution < -0.4 is 10.3 Å². The van der Waals surface area contributed by atoms with E-state index in [4.69, 9.17) is 9.84 Å². The fraction of sp³-hybridized carbons (Fsp3) is 0.333. The van der Waals surface area contributed by atoms with Gasteiger partial charge in [0.1, 0.15) is 5.75 Å². The molecule has 1 heterocycles. The first kappa shape index (κ1) is 14.3. The molecule has 106 valence electrons. The zero-order valence-electron chi connectivity index (χ0n) is 11.2. The summed E-state index contributed by atoms with van der Waals surface area (Å²) >= 11 is 0. The molecular weight excluding hydrogens is 256 g/mol. The van der Waals surface area contributed by atoms with Crippen LogP contribution in [-0.4, -0.2) is 28.1 Å². The van der Waals surface area contributed by atoms with Gasteiger partial charge in [-0.25, -0.2) is 4.68 Å². The normalized spacial score (nSPS) is 10.4. The predicted octanol–water partition coefficient (Wildman–Crippen LogP) is 1.25. The maximum absolute atomic E-state index is 11.9. The summed E-state index contributed by atoms with van der Waals surface area (Å²) in [7, 11) is 0. The summed E-state index contributed by atoms with van der Waals surface area (Å²) in [4.78, 5) is 11.9. The fourth-order valence-electron chi connectivity index (χ4n) is 1.80. The Hall–Kier alpha value is -2.14. The molecule has 1 aromatic heterocycles. The molecule has 0 saturated heterocycles. The highest BCUT2D eigenvalue weighted by atomic mass is 16.5. The molecule has 0 unspecified atom stereocenters. The van der Waals surface area contributed by atoms with E-state index in [1.807, 2.05) is 30.3 Å². The topological polar surface area (TPSA) is 64.3 Å². The summed E-state index contributed by atoms with van der Waals surface area (Å²) in [5, 5.41) is 12.7. The van der Waals surface area contributed by atoms with E-state index in [0.29, 0.717) is 25.3 Å². The third-order valence-corrected chi connectivity index (χ3v) is 2.87. The van der Waals surface area contributed by atoms with Gasteiger partial charge in [-0.2, -0.15) is 5.10 Å². The Morgan fingerprint density at radius 2 is 2.05 bits per heavy atom. The fourth-order valence-corrected chi connectivity index (χ4v) is 1.80. The number of aliphatic hydroxyl groups is 1. The van der Waals surface area contributed by atoms with Crippen molar-refractivity contribution in [1.82, 2.24) is 9.78 Å². The lowest BCUT2D eigenvalue weighted by atomic mass is 10.1. The van der Waals surface area contributed by atoms with Crippen LogP contribution in [0.2, 0.25) is 0 Å². The molecule has 0 saturated carbocycles. The van der Waals surface area contributed by atoms with Crippen LogP contribution in [0.4, 0.5) is 0 Å². The molecule has 0 aliphatic heterocycles. The Labute approximate surface area is 117 Å². The standard InChI is InChI=1S/C15H18N2O3/c18-9-4-10-20-14-11-15(19)17(16-12-14)8-7-13-5-2-1-3-6-13/h1-3,5-6,11-12,18H,4,7-10H2. The van der Waals surface area contributed by atoms with Gasteiger partial charge in [-0.1, -0.05) is 30.3 Å². The molecule has 5 nitrogen and oxygen atoms in total. The molecule has 0 spiro atoms. The monoisotopic (exact) mass is 274 g/mol. The molecule has 0 aliphatic rings.